The van der Waals surface area contributed by atoms with Gasteiger partial charge >= 0.3 is 0 Å². The van der Waals surface area contributed by atoms with Gasteiger partial charge in [-0.2, -0.15) is 0 Å². The summed E-state index contributed by atoms with van der Waals surface area (Å²) >= 11 is 6.69. The van der Waals surface area contributed by atoms with Crippen molar-refractivity contribution in [2.24, 2.45) is 0 Å². The number of carbonyl (C=O) groups is 2. The number of hydrogen-bond donors (Lipinski definition) is 1. The molecule has 1 aromatic rings. The number of nitrogens with one attached hydrogen (secondary N) is 1. The van der Waals surface area contributed by atoms with Crippen molar-refractivity contribution >= 4 is 46.2 Å². The van der Waals surface area contributed by atoms with Gasteiger partial charge in [0.05, 0.1) is 4.91 Å². The Morgan fingerprint density at radius 2 is 2.00 bits per heavy atom. The summed E-state index contributed by atoms with van der Waals surface area (Å²) in [6.45, 7) is 2.53. The van der Waals surface area contributed by atoms with E-state index in [-0.39, 0.29) is 11.8 Å². The summed E-state index contributed by atoms with van der Waals surface area (Å²) in [6, 6.07) is 8.38. The Labute approximate surface area is 164 Å². The Morgan fingerprint density at radius 3 is 2.69 bits per heavy atom. The predicted molar refractivity (Wildman–Crippen MR) is 111 cm³/mol. The van der Waals surface area contributed by atoms with E-state index in [4.69, 9.17) is 12.2 Å². The van der Waals surface area contributed by atoms with E-state index < -0.39 is 0 Å². The highest BCUT2D eigenvalue weighted by Gasteiger charge is 2.31. The number of benzene rings is 1. The molecule has 0 radical (unpaired) electrons. The lowest BCUT2D eigenvalue weighted by atomic mass is 10.1. The second-order valence-electron chi connectivity index (χ2n) is 6.90. The van der Waals surface area contributed by atoms with Gasteiger partial charge in [-0.15, -0.1) is 0 Å². The SMILES string of the molecule is Cc1ccc(/C=C2/SC(=S)N(CCCC(=O)NC3CCCC3)C2=O)cc1. The maximum Gasteiger partial charge on any atom is 0.266 e. The lowest BCUT2D eigenvalue weighted by Gasteiger charge is -2.15. The topological polar surface area (TPSA) is 49.4 Å². The fourth-order valence-corrected chi connectivity index (χ4v) is 4.58. The molecule has 6 heteroatoms. The number of carbonyl (C=O) groups excluding carboxylic acids is 2. The minimum absolute atomic E-state index is 0.0585. The molecule has 26 heavy (non-hydrogen) atoms. The fourth-order valence-electron chi connectivity index (χ4n) is 3.27. The summed E-state index contributed by atoms with van der Waals surface area (Å²) in [4.78, 5) is 26.9. The molecule has 0 atom stereocenters. The smallest absolute Gasteiger partial charge is 0.266 e. The van der Waals surface area contributed by atoms with E-state index in [0.717, 1.165) is 18.4 Å². The monoisotopic (exact) mass is 388 g/mol. The Bertz CT molecular complexity index is 722. The van der Waals surface area contributed by atoms with Crippen molar-refractivity contribution in [1.82, 2.24) is 10.2 Å². The highest BCUT2D eigenvalue weighted by Crippen LogP contribution is 2.32. The maximum atomic E-state index is 12.6. The summed E-state index contributed by atoms with van der Waals surface area (Å²) in [5, 5.41) is 3.08. The number of rotatable bonds is 6. The normalized spacial score (nSPS) is 19.6. The molecule has 2 amide bonds. The van der Waals surface area contributed by atoms with E-state index in [2.05, 4.69) is 5.32 Å². The summed E-state index contributed by atoms with van der Waals surface area (Å²) < 4.78 is 0.574. The first kappa shape index (κ1) is 19.1. The molecule has 3 rings (SSSR count). The van der Waals surface area contributed by atoms with Gasteiger partial charge in [0.25, 0.3) is 5.91 Å². The number of amides is 2. The lowest BCUT2D eigenvalue weighted by molar-refractivity contribution is -0.124. The fraction of sp³-hybridized carbons (Fsp3) is 0.450. The molecule has 4 nitrogen and oxygen atoms in total. The third kappa shape index (κ3) is 4.95. The summed E-state index contributed by atoms with van der Waals surface area (Å²) in [6.07, 6.45) is 7.52. The van der Waals surface area contributed by atoms with E-state index in [9.17, 15) is 9.59 Å². The lowest BCUT2D eigenvalue weighted by Crippen LogP contribution is -2.34. The molecule has 2 aliphatic rings. The van der Waals surface area contributed by atoms with E-state index in [1.54, 1.807) is 4.90 Å². The van der Waals surface area contributed by atoms with Gasteiger partial charge in [-0.1, -0.05) is 66.7 Å². The summed E-state index contributed by atoms with van der Waals surface area (Å²) in [5.41, 5.74) is 2.18. The quantitative estimate of drug-likeness (QED) is 0.590. The van der Waals surface area contributed by atoms with E-state index >= 15 is 0 Å². The first-order valence-corrected chi connectivity index (χ1v) is 10.4. The molecule has 0 unspecified atom stereocenters. The molecule has 1 heterocycles. The number of hydrogen-bond acceptors (Lipinski definition) is 4. The molecule has 0 aromatic heterocycles. The first-order valence-electron chi connectivity index (χ1n) is 9.14. The van der Waals surface area contributed by atoms with Gasteiger partial charge in [-0.25, -0.2) is 0 Å². The van der Waals surface area contributed by atoms with Gasteiger partial charge in [0, 0.05) is 19.0 Å². The summed E-state index contributed by atoms with van der Waals surface area (Å²) in [5.74, 6) is 0.0225. The van der Waals surface area contributed by atoms with Gasteiger partial charge < -0.3 is 5.32 Å². The van der Waals surface area contributed by atoms with Crippen LogP contribution in [0.2, 0.25) is 0 Å². The van der Waals surface area contributed by atoms with Crippen LogP contribution >= 0.6 is 24.0 Å². The molecular formula is C20H24N2O2S2. The molecule has 138 valence electrons. The van der Waals surface area contributed by atoms with Crippen molar-refractivity contribution in [2.45, 2.75) is 51.5 Å². The van der Waals surface area contributed by atoms with Crippen LogP contribution < -0.4 is 5.32 Å². The van der Waals surface area contributed by atoms with Crippen molar-refractivity contribution < 1.29 is 9.59 Å². The van der Waals surface area contributed by atoms with Crippen LogP contribution in [0.15, 0.2) is 29.2 Å². The molecule has 1 saturated carbocycles. The number of thioether (sulfide) groups is 1. The average molecular weight is 389 g/mol. The zero-order chi connectivity index (χ0) is 18.5. The largest absolute Gasteiger partial charge is 0.353 e. The third-order valence-electron chi connectivity index (χ3n) is 4.75. The second-order valence-corrected chi connectivity index (χ2v) is 8.57. The van der Waals surface area contributed by atoms with Crippen LogP contribution in [0.4, 0.5) is 0 Å². The van der Waals surface area contributed by atoms with Crippen molar-refractivity contribution in [3.63, 3.8) is 0 Å². The molecule has 0 spiro atoms. The van der Waals surface area contributed by atoms with Gasteiger partial charge in [-0.05, 0) is 37.8 Å². The van der Waals surface area contributed by atoms with Crippen LogP contribution in [0.25, 0.3) is 6.08 Å². The molecular weight excluding hydrogens is 364 g/mol. The zero-order valence-electron chi connectivity index (χ0n) is 15.0. The predicted octanol–water partition coefficient (Wildman–Crippen LogP) is 4.04. The van der Waals surface area contributed by atoms with Crippen LogP contribution in [0.1, 0.15) is 49.7 Å². The molecule has 1 aromatic carbocycles. The Balaban J connectivity index is 1.50. The second kappa shape index (κ2) is 8.82. The Kier molecular flexibility index (Phi) is 6.48. The van der Waals surface area contributed by atoms with E-state index in [1.165, 1.54) is 30.2 Å². The minimum Gasteiger partial charge on any atom is -0.353 e. The van der Waals surface area contributed by atoms with Gasteiger partial charge in [0.15, 0.2) is 0 Å². The van der Waals surface area contributed by atoms with Crippen LogP contribution in [-0.2, 0) is 9.59 Å². The van der Waals surface area contributed by atoms with E-state index in [0.29, 0.717) is 34.7 Å². The van der Waals surface area contributed by atoms with Crippen molar-refractivity contribution in [3.05, 3.63) is 40.3 Å². The molecule has 0 bridgehead atoms. The van der Waals surface area contributed by atoms with Gasteiger partial charge in [0.1, 0.15) is 4.32 Å². The maximum absolute atomic E-state index is 12.6. The van der Waals surface area contributed by atoms with Crippen molar-refractivity contribution in [2.75, 3.05) is 6.54 Å². The van der Waals surface area contributed by atoms with Gasteiger partial charge in [-0.3, -0.25) is 14.5 Å². The standard InChI is InChI=1S/C20H24N2O2S2/c1-14-8-10-15(11-9-14)13-17-19(24)22(20(25)26-17)12-4-7-18(23)21-16-5-2-3-6-16/h8-11,13,16H,2-7,12H2,1H3,(H,21,23)/b17-13+. The molecule has 1 aliphatic heterocycles. The molecule has 1 saturated heterocycles. The highest BCUT2D eigenvalue weighted by atomic mass is 32.2. The number of aryl methyl sites for hydroxylation is 1. The van der Waals surface area contributed by atoms with Gasteiger partial charge in [0.2, 0.25) is 5.91 Å². The number of thiocarbonyl (C=S) groups is 1. The van der Waals surface area contributed by atoms with Crippen LogP contribution in [0.3, 0.4) is 0 Å². The molecule has 1 aliphatic carbocycles. The van der Waals surface area contributed by atoms with Crippen LogP contribution in [0, 0.1) is 6.92 Å². The van der Waals surface area contributed by atoms with Crippen molar-refractivity contribution in [1.29, 1.82) is 0 Å². The van der Waals surface area contributed by atoms with Crippen LogP contribution in [-0.4, -0.2) is 33.6 Å². The highest BCUT2D eigenvalue weighted by molar-refractivity contribution is 8.26. The Morgan fingerprint density at radius 1 is 1.31 bits per heavy atom. The van der Waals surface area contributed by atoms with Crippen molar-refractivity contribution in [3.8, 4) is 0 Å². The number of nitrogens with zero attached hydrogens (tertiary/aromatic N) is 1. The molecule has 2 fully saturated rings. The zero-order valence-corrected chi connectivity index (χ0v) is 16.6. The Hall–Kier alpha value is -1.66. The molecule has 1 N–H and O–H groups in total. The first-order chi connectivity index (χ1) is 12.5. The third-order valence-corrected chi connectivity index (χ3v) is 6.13. The van der Waals surface area contributed by atoms with E-state index in [1.807, 2.05) is 37.3 Å². The minimum atomic E-state index is -0.0585. The van der Waals surface area contributed by atoms with Crippen LogP contribution in [0.5, 0.6) is 0 Å². The summed E-state index contributed by atoms with van der Waals surface area (Å²) in [7, 11) is 0. The average Bonchev–Trinajstić information content (AvgIpc) is 3.20.